The standard InChI is InChI=1S/C10H17N5O2/c1-3-9(13-8(2)16)10(17)11-4-6-15-7-5-12-14-15/h5,7,9H,3-4,6H2,1-2H3,(H,11,17)(H,13,16)/t9-/m0/s1. The first kappa shape index (κ1) is 13.1. The number of rotatable bonds is 6. The monoisotopic (exact) mass is 239 g/mol. The van der Waals surface area contributed by atoms with Gasteiger partial charge in [-0.1, -0.05) is 12.1 Å². The minimum Gasteiger partial charge on any atom is -0.352 e. The van der Waals surface area contributed by atoms with Gasteiger partial charge >= 0.3 is 0 Å². The van der Waals surface area contributed by atoms with Gasteiger partial charge in [0.15, 0.2) is 0 Å². The molecule has 1 heterocycles. The fraction of sp³-hybridized carbons (Fsp3) is 0.600. The van der Waals surface area contributed by atoms with Crippen LogP contribution in [0.25, 0.3) is 0 Å². The predicted molar refractivity (Wildman–Crippen MR) is 60.9 cm³/mol. The fourth-order valence-corrected chi connectivity index (χ4v) is 1.37. The molecule has 2 N–H and O–H groups in total. The molecule has 7 heteroatoms. The Hall–Kier alpha value is -1.92. The van der Waals surface area contributed by atoms with Gasteiger partial charge in [-0.05, 0) is 6.42 Å². The zero-order chi connectivity index (χ0) is 12.7. The third-order valence-corrected chi connectivity index (χ3v) is 2.21. The van der Waals surface area contributed by atoms with Crippen molar-refractivity contribution in [3.05, 3.63) is 12.4 Å². The van der Waals surface area contributed by atoms with Gasteiger partial charge in [0.2, 0.25) is 11.8 Å². The quantitative estimate of drug-likeness (QED) is 0.687. The van der Waals surface area contributed by atoms with Gasteiger partial charge in [0.25, 0.3) is 0 Å². The second-order valence-electron chi connectivity index (χ2n) is 3.62. The minimum atomic E-state index is -0.469. The van der Waals surface area contributed by atoms with Gasteiger partial charge in [-0.3, -0.25) is 14.3 Å². The highest BCUT2D eigenvalue weighted by Crippen LogP contribution is 1.91. The molecule has 1 aromatic rings. The van der Waals surface area contributed by atoms with E-state index in [1.165, 1.54) is 6.92 Å². The Labute approximate surface area is 99.6 Å². The average Bonchev–Trinajstić information content (AvgIpc) is 2.78. The fourth-order valence-electron chi connectivity index (χ4n) is 1.37. The molecule has 17 heavy (non-hydrogen) atoms. The lowest BCUT2D eigenvalue weighted by molar-refractivity contribution is -0.128. The number of carbonyl (C=O) groups is 2. The summed E-state index contributed by atoms with van der Waals surface area (Å²) in [6, 6.07) is -0.469. The zero-order valence-corrected chi connectivity index (χ0v) is 10.0. The van der Waals surface area contributed by atoms with Crippen LogP contribution in [0.1, 0.15) is 20.3 Å². The van der Waals surface area contributed by atoms with E-state index in [2.05, 4.69) is 20.9 Å². The van der Waals surface area contributed by atoms with E-state index >= 15 is 0 Å². The highest BCUT2D eigenvalue weighted by Gasteiger charge is 2.16. The molecule has 1 aromatic heterocycles. The number of aromatic nitrogens is 3. The molecule has 0 saturated heterocycles. The SMILES string of the molecule is CC[C@H](NC(C)=O)C(=O)NCCn1ccnn1. The zero-order valence-electron chi connectivity index (χ0n) is 10.0. The Morgan fingerprint density at radius 1 is 1.47 bits per heavy atom. The van der Waals surface area contributed by atoms with Crippen molar-refractivity contribution in [2.75, 3.05) is 6.54 Å². The highest BCUT2D eigenvalue weighted by molar-refractivity contribution is 5.86. The van der Waals surface area contributed by atoms with E-state index in [0.717, 1.165) is 0 Å². The maximum Gasteiger partial charge on any atom is 0.242 e. The van der Waals surface area contributed by atoms with Crippen molar-refractivity contribution in [1.29, 1.82) is 0 Å². The number of amides is 2. The van der Waals surface area contributed by atoms with E-state index in [0.29, 0.717) is 19.5 Å². The average molecular weight is 239 g/mol. The van der Waals surface area contributed by atoms with E-state index in [4.69, 9.17) is 0 Å². The summed E-state index contributed by atoms with van der Waals surface area (Å²) in [7, 11) is 0. The molecule has 0 fully saturated rings. The lowest BCUT2D eigenvalue weighted by Crippen LogP contribution is -2.46. The number of hydrogen-bond donors (Lipinski definition) is 2. The maximum absolute atomic E-state index is 11.7. The minimum absolute atomic E-state index is 0.178. The predicted octanol–water partition coefficient (Wildman–Crippen LogP) is -0.691. The van der Waals surface area contributed by atoms with E-state index in [-0.39, 0.29) is 11.8 Å². The third-order valence-electron chi connectivity index (χ3n) is 2.21. The van der Waals surface area contributed by atoms with Crippen molar-refractivity contribution >= 4 is 11.8 Å². The van der Waals surface area contributed by atoms with Crippen LogP contribution in [0.2, 0.25) is 0 Å². The van der Waals surface area contributed by atoms with Crippen LogP contribution >= 0.6 is 0 Å². The number of carbonyl (C=O) groups excluding carboxylic acids is 2. The smallest absolute Gasteiger partial charge is 0.242 e. The molecule has 94 valence electrons. The summed E-state index contributed by atoms with van der Waals surface area (Å²) in [6.07, 6.45) is 3.86. The van der Waals surface area contributed by atoms with Gasteiger partial charge < -0.3 is 10.6 Å². The molecule has 0 bridgehead atoms. The molecule has 1 rings (SSSR count). The molecule has 0 radical (unpaired) electrons. The molecule has 0 spiro atoms. The summed E-state index contributed by atoms with van der Waals surface area (Å²) >= 11 is 0. The number of nitrogens with zero attached hydrogens (tertiary/aromatic N) is 3. The molecule has 0 aliphatic heterocycles. The van der Waals surface area contributed by atoms with Crippen molar-refractivity contribution in [1.82, 2.24) is 25.6 Å². The molecule has 0 unspecified atom stereocenters. The van der Waals surface area contributed by atoms with Gasteiger partial charge in [-0.2, -0.15) is 0 Å². The van der Waals surface area contributed by atoms with Crippen molar-refractivity contribution in [3.63, 3.8) is 0 Å². The van der Waals surface area contributed by atoms with Crippen LogP contribution in [0, 0.1) is 0 Å². The van der Waals surface area contributed by atoms with Crippen LogP contribution in [0.15, 0.2) is 12.4 Å². The van der Waals surface area contributed by atoms with Gasteiger partial charge in [-0.25, -0.2) is 0 Å². The van der Waals surface area contributed by atoms with E-state index in [1.54, 1.807) is 17.1 Å². The molecular weight excluding hydrogens is 222 g/mol. The van der Waals surface area contributed by atoms with E-state index < -0.39 is 6.04 Å². The molecule has 0 saturated carbocycles. The summed E-state index contributed by atoms with van der Waals surface area (Å²) in [5, 5.41) is 12.7. The lowest BCUT2D eigenvalue weighted by atomic mass is 10.2. The Balaban J connectivity index is 2.29. The first-order valence-corrected chi connectivity index (χ1v) is 5.52. The topological polar surface area (TPSA) is 88.9 Å². The van der Waals surface area contributed by atoms with Crippen molar-refractivity contribution in [3.8, 4) is 0 Å². The molecule has 1 atom stereocenters. The molecule has 2 amide bonds. The Morgan fingerprint density at radius 3 is 2.76 bits per heavy atom. The second-order valence-corrected chi connectivity index (χ2v) is 3.62. The van der Waals surface area contributed by atoms with Crippen LogP contribution in [-0.2, 0) is 16.1 Å². The van der Waals surface area contributed by atoms with E-state index in [9.17, 15) is 9.59 Å². The first-order chi connectivity index (χ1) is 8.13. The van der Waals surface area contributed by atoms with Crippen molar-refractivity contribution in [2.24, 2.45) is 0 Å². The summed E-state index contributed by atoms with van der Waals surface area (Å²) in [6.45, 7) is 4.25. The molecule has 7 nitrogen and oxygen atoms in total. The van der Waals surface area contributed by atoms with Crippen LogP contribution < -0.4 is 10.6 Å². The molecular formula is C10H17N5O2. The molecule has 0 aliphatic carbocycles. The normalized spacial score (nSPS) is 11.9. The van der Waals surface area contributed by atoms with E-state index in [1.807, 2.05) is 6.92 Å². The van der Waals surface area contributed by atoms with Gasteiger partial charge in [0.1, 0.15) is 6.04 Å². The second kappa shape index (κ2) is 6.62. The van der Waals surface area contributed by atoms with Crippen LogP contribution in [0.4, 0.5) is 0 Å². The number of hydrogen-bond acceptors (Lipinski definition) is 4. The molecule has 0 aromatic carbocycles. The number of nitrogens with one attached hydrogen (secondary N) is 2. The Kier molecular flexibility index (Phi) is 5.12. The van der Waals surface area contributed by atoms with Gasteiger partial charge in [0.05, 0.1) is 12.7 Å². The molecule has 0 aliphatic rings. The van der Waals surface area contributed by atoms with Crippen LogP contribution in [0.5, 0.6) is 0 Å². The van der Waals surface area contributed by atoms with Crippen molar-refractivity contribution in [2.45, 2.75) is 32.9 Å². The first-order valence-electron chi connectivity index (χ1n) is 5.52. The summed E-state index contributed by atoms with van der Waals surface area (Å²) in [4.78, 5) is 22.5. The summed E-state index contributed by atoms with van der Waals surface area (Å²) in [5.41, 5.74) is 0. The lowest BCUT2D eigenvalue weighted by Gasteiger charge is -2.15. The van der Waals surface area contributed by atoms with Crippen LogP contribution in [0.3, 0.4) is 0 Å². The van der Waals surface area contributed by atoms with Gasteiger partial charge in [-0.15, -0.1) is 5.10 Å². The Morgan fingerprint density at radius 2 is 2.24 bits per heavy atom. The highest BCUT2D eigenvalue weighted by atomic mass is 16.2. The Bertz CT molecular complexity index is 363. The third kappa shape index (κ3) is 4.62. The van der Waals surface area contributed by atoms with Crippen LogP contribution in [-0.4, -0.2) is 39.4 Å². The largest absolute Gasteiger partial charge is 0.352 e. The maximum atomic E-state index is 11.7. The summed E-state index contributed by atoms with van der Waals surface area (Å²) < 4.78 is 1.62. The summed E-state index contributed by atoms with van der Waals surface area (Å²) in [5.74, 6) is -0.383. The van der Waals surface area contributed by atoms with Crippen molar-refractivity contribution < 1.29 is 9.59 Å². The van der Waals surface area contributed by atoms with Gasteiger partial charge in [0, 0.05) is 19.7 Å².